The van der Waals surface area contributed by atoms with Crippen LogP contribution in [-0.4, -0.2) is 59.4 Å². The van der Waals surface area contributed by atoms with Crippen LogP contribution in [0.1, 0.15) is 95.4 Å². The SMILES string of the molecule is C=C[C@H](OC)[C@@H](O[Si](C)(C)C(C)(C)C)[C@H](C)/C=C(/C)[C@H](O[Si](CC)(CC)CC)[C@H](C)C(=O)/C=C/CC(CC(C)=O)CC(C)=O. The highest BCUT2D eigenvalue weighted by atomic mass is 28.4. The molecule has 0 fully saturated rings. The molecule has 6 nitrogen and oxygen atoms in total. The second-order valence-electron chi connectivity index (χ2n) is 14.3. The van der Waals surface area contributed by atoms with E-state index in [0.29, 0.717) is 19.3 Å². The van der Waals surface area contributed by atoms with Gasteiger partial charge in [0.1, 0.15) is 17.7 Å². The van der Waals surface area contributed by atoms with Crippen LogP contribution in [0, 0.1) is 17.8 Å². The van der Waals surface area contributed by atoms with Gasteiger partial charge in [0.25, 0.3) is 0 Å². The molecule has 0 unspecified atom stereocenters. The Bertz CT molecular complexity index is 965. The van der Waals surface area contributed by atoms with E-state index >= 15 is 0 Å². The molecule has 0 aromatic heterocycles. The standard InChI is InChI=1S/C36H66O6Si2/c1-16-33(40-13)35(41-43(14,15)36(10,11)12)27(6)23-26(5)34(42-44(17-2,18-3)19-4)30(9)32(39)22-20-21-31(24-28(7)37)25-29(8)38/h16,20,22-23,27,30-31,33-35H,1,17-19,21,24-25H2,2-15H3/b22-20+,26-23-/t27-,30-,33+,34+,35+/m1/s1. The molecule has 0 saturated heterocycles. The average molecular weight is 651 g/mol. The Hall–Kier alpha value is -1.46. The summed E-state index contributed by atoms with van der Waals surface area (Å²) in [5.74, 6) is -0.415. The van der Waals surface area contributed by atoms with Crippen LogP contribution in [0.25, 0.3) is 0 Å². The second-order valence-corrected chi connectivity index (χ2v) is 23.8. The molecule has 0 aliphatic carbocycles. The fourth-order valence-corrected chi connectivity index (χ4v) is 9.86. The smallest absolute Gasteiger partial charge is 0.192 e. The van der Waals surface area contributed by atoms with E-state index in [4.69, 9.17) is 13.6 Å². The maximum Gasteiger partial charge on any atom is 0.192 e. The lowest BCUT2D eigenvalue weighted by Crippen LogP contribution is -2.49. The maximum atomic E-state index is 13.6. The van der Waals surface area contributed by atoms with E-state index in [1.54, 1.807) is 27.0 Å². The molecule has 0 saturated carbocycles. The first-order valence-corrected chi connectivity index (χ1v) is 22.1. The molecule has 0 bridgehead atoms. The topological polar surface area (TPSA) is 78.9 Å². The van der Waals surface area contributed by atoms with E-state index in [1.165, 1.54) is 0 Å². The zero-order valence-corrected chi connectivity index (χ0v) is 32.7. The molecule has 44 heavy (non-hydrogen) atoms. The van der Waals surface area contributed by atoms with Gasteiger partial charge >= 0.3 is 0 Å². The number of ketones is 3. The van der Waals surface area contributed by atoms with Crippen LogP contribution >= 0.6 is 0 Å². The summed E-state index contributed by atoms with van der Waals surface area (Å²) in [6.07, 6.45) is 7.78. The fraction of sp³-hybridized carbons (Fsp3) is 0.750. The number of carbonyl (C=O) groups is 3. The summed E-state index contributed by atoms with van der Waals surface area (Å²) < 4.78 is 19.8. The molecule has 0 aliphatic rings. The summed E-state index contributed by atoms with van der Waals surface area (Å²) in [5, 5.41) is 0.0323. The van der Waals surface area contributed by atoms with Crippen molar-refractivity contribution in [3.8, 4) is 0 Å². The van der Waals surface area contributed by atoms with Crippen molar-refractivity contribution in [2.75, 3.05) is 7.11 Å². The molecule has 0 rings (SSSR count). The van der Waals surface area contributed by atoms with Crippen molar-refractivity contribution in [2.45, 2.75) is 150 Å². The van der Waals surface area contributed by atoms with Gasteiger partial charge in [0.05, 0.1) is 12.2 Å². The van der Waals surface area contributed by atoms with Crippen LogP contribution in [0.4, 0.5) is 0 Å². The first-order chi connectivity index (χ1) is 20.2. The van der Waals surface area contributed by atoms with Crippen molar-refractivity contribution in [2.24, 2.45) is 17.8 Å². The normalized spacial score (nSPS) is 16.9. The van der Waals surface area contributed by atoms with E-state index < -0.39 is 22.6 Å². The summed E-state index contributed by atoms with van der Waals surface area (Å²) >= 11 is 0. The van der Waals surface area contributed by atoms with Gasteiger partial charge in [-0.15, -0.1) is 6.58 Å². The van der Waals surface area contributed by atoms with Crippen LogP contribution < -0.4 is 0 Å². The zero-order valence-electron chi connectivity index (χ0n) is 30.7. The third kappa shape index (κ3) is 13.5. The number of hydrogen-bond acceptors (Lipinski definition) is 6. The lowest BCUT2D eigenvalue weighted by atomic mass is 9.89. The third-order valence-electron chi connectivity index (χ3n) is 9.67. The molecular weight excluding hydrogens is 585 g/mol. The Morgan fingerprint density at radius 3 is 1.77 bits per heavy atom. The van der Waals surface area contributed by atoms with Gasteiger partial charge in [0.15, 0.2) is 22.4 Å². The van der Waals surface area contributed by atoms with E-state index in [0.717, 1.165) is 23.7 Å². The summed E-state index contributed by atoms with van der Waals surface area (Å²) in [6.45, 7) is 31.1. The average Bonchev–Trinajstić information content (AvgIpc) is 2.92. The summed E-state index contributed by atoms with van der Waals surface area (Å²) in [7, 11) is -2.51. The molecule has 0 aromatic carbocycles. The molecule has 0 spiro atoms. The molecule has 0 amide bonds. The predicted octanol–water partition coefficient (Wildman–Crippen LogP) is 9.28. The van der Waals surface area contributed by atoms with Crippen LogP contribution in [0.15, 0.2) is 36.5 Å². The Morgan fingerprint density at radius 1 is 0.886 bits per heavy atom. The van der Waals surface area contributed by atoms with Gasteiger partial charge in [0, 0.05) is 31.8 Å². The monoisotopic (exact) mass is 650 g/mol. The zero-order chi connectivity index (χ0) is 34.5. The molecule has 5 atom stereocenters. The van der Waals surface area contributed by atoms with Gasteiger partial charge in [-0.1, -0.05) is 73.6 Å². The largest absolute Gasteiger partial charge is 0.410 e. The number of ether oxygens (including phenoxy) is 1. The van der Waals surface area contributed by atoms with Crippen molar-refractivity contribution >= 4 is 34.0 Å². The van der Waals surface area contributed by atoms with E-state index in [-0.39, 0.29) is 52.5 Å². The van der Waals surface area contributed by atoms with E-state index in [1.807, 2.05) is 19.1 Å². The van der Waals surface area contributed by atoms with Gasteiger partial charge < -0.3 is 23.2 Å². The third-order valence-corrected chi connectivity index (χ3v) is 18.8. The number of Topliss-reactive ketones (excluding diaryl/α,β-unsaturated/α-hetero) is 2. The van der Waals surface area contributed by atoms with Crippen molar-refractivity contribution in [3.05, 3.63) is 36.5 Å². The molecule has 0 N–H and O–H groups in total. The summed E-state index contributed by atoms with van der Waals surface area (Å²) in [5.41, 5.74) is 1.02. The minimum atomic E-state index is -2.13. The molecule has 254 valence electrons. The molecule has 8 heteroatoms. The highest BCUT2D eigenvalue weighted by Gasteiger charge is 2.42. The first-order valence-electron chi connectivity index (χ1n) is 16.6. The van der Waals surface area contributed by atoms with Gasteiger partial charge in [0.2, 0.25) is 0 Å². The number of methoxy groups -OCH3 is 1. The first kappa shape index (κ1) is 42.5. The van der Waals surface area contributed by atoms with Crippen LogP contribution in [0.5, 0.6) is 0 Å². The summed E-state index contributed by atoms with van der Waals surface area (Å²) in [4.78, 5) is 37.1. The molecular formula is C36H66O6Si2. The Kier molecular flexibility index (Phi) is 18.6. The van der Waals surface area contributed by atoms with Crippen molar-refractivity contribution < 1.29 is 28.0 Å². The second kappa shape index (κ2) is 19.3. The molecule has 0 radical (unpaired) electrons. The van der Waals surface area contributed by atoms with Crippen molar-refractivity contribution in [3.63, 3.8) is 0 Å². The van der Waals surface area contributed by atoms with Gasteiger partial charge in [-0.05, 0) is 81.0 Å². The number of hydrogen-bond donors (Lipinski definition) is 0. The van der Waals surface area contributed by atoms with E-state index in [9.17, 15) is 14.4 Å². The van der Waals surface area contributed by atoms with Gasteiger partial charge in [-0.2, -0.15) is 0 Å². The number of allylic oxidation sites excluding steroid dienone is 2. The van der Waals surface area contributed by atoms with Gasteiger partial charge in [-0.3, -0.25) is 4.79 Å². The van der Waals surface area contributed by atoms with Gasteiger partial charge in [-0.25, -0.2) is 0 Å². The minimum absolute atomic E-state index is 0.0130. The van der Waals surface area contributed by atoms with Crippen molar-refractivity contribution in [1.82, 2.24) is 0 Å². The Morgan fingerprint density at radius 2 is 1.39 bits per heavy atom. The minimum Gasteiger partial charge on any atom is -0.410 e. The van der Waals surface area contributed by atoms with Crippen LogP contribution in [0.3, 0.4) is 0 Å². The Labute approximate surface area is 272 Å². The lowest BCUT2D eigenvalue weighted by molar-refractivity contribution is -0.120. The maximum absolute atomic E-state index is 13.6. The van der Waals surface area contributed by atoms with Crippen molar-refractivity contribution in [1.29, 1.82) is 0 Å². The fourth-order valence-electron chi connectivity index (χ4n) is 5.55. The summed E-state index contributed by atoms with van der Waals surface area (Å²) in [6, 6.07) is 2.94. The van der Waals surface area contributed by atoms with Crippen LogP contribution in [0.2, 0.25) is 36.3 Å². The molecule has 0 heterocycles. The quantitative estimate of drug-likeness (QED) is 0.0660. The molecule has 0 aliphatic heterocycles. The highest BCUT2D eigenvalue weighted by molar-refractivity contribution is 6.74. The Balaban J connectivity index is 6.52. The van der Waals surface area contributed by atoms with Crippen LogP contribution in [-0.2, 0) is 28.0 Å². The highest BCUT2D eigenvalue weighted by Crippen LogP contribution is 2.39. The number of rotatable bonds is 22. The predicted molar refractivity (Wildman–Crippen MR) is 190 cm³/mol. The molecule has 0 aromatic rings. The lowest BCUT2D eigenvalue weighted by Gasteiger charge is -2.42. The number of carbonyl (C=O) groups excluding carboxylic acids is 3. The van der Waals surface area contributed by atoms with E-state index in [2.05, 4.69) is 81.1 Å².